The number of aromatic nitrogens is 4. The maximum atomic E-state index is 4.95. The van der Waals surface area contributed by atoms with Crippen LogP contribution in [0.4, 0.5) is 0 Å². The average molecular weight is 447 g/mol. The van der Waals surface area contributed by atoms with Crippen molar-refractivity contribution in [2.24, 2.45) is 0 Å². The second kappa shape index (κ2) is 6.65. The number of imidazole rings is 2. The van der Waals surface area contributed by atoms with Gasteiger partial charge in [0, 0.05) is 32.2 Å². The van der Waals surface area contributed by atoms with Gasteiger partial charge in [-0.2, -0.15) is 0 Å². The maximum absolute atomic E-state index is 4.95. The Balaban J connectivity index is 1.47. The Morgan fingerprint density at radius 1 is 0.758 bits per heavy atom. The molecule has 160 valence electrons. The van der Waals surface area contributed by atoms with Crippen LogP contribution in [0.2, 0.25) is 0 Å². The van der Waals surface area contributed by atoms with Gasteiger partial charge in [0.25, 0.3) is 0 Å². The molecule has 2 N–H and O–H groups in total. The van der Waals surface area contributed by atoms with Gasteiger partial charge in [0.05, 0.1) is 22.1 Å². The topological polar surface area (TPSA) is 57.4 Å². The Labute approximate surface area is 194 Å². The molecule has 0 radical (unpaired) electrons. The molecule has 5 heteroatoms. The number of nitrogens with zero attached hydrogens (tertiary/aromatic N) is 2. The molecule has 3 heterocycles. The summed E-state index contributed by atoms with van der Waals surface area (Å²) >= 11 is 1.79. The molecule has 0 spiro atoms. The van der Waals surface area contributed by atoms with E-state index in [4.69, 9.17) is 9.97 Å². The van der Waals surface area contributed by atoms with Gasteiger partial charge in [0.1, 0.15) is 11.6 Å². The van der Waals surface area contributed by atoms with E-state index in [-0.39, 0.29) is 0 Å². The number of nitrogens with one attached hydrogen (secondary N) is 2. The van der Waals surface area contributed by atoms with Gasteiger partial charge in [-0.05, 0) is 53.1 Å². The molecule has 0 aliphatic carbocycles. The Bertz CT molecular complexity index is 1870. The third kappa shape index (κ3) is 2.69. The van der Waals surface area contributed by atoms with Gasteiger partial charge in [0.15, 0.2) is 0 Å². The van der Waals surface area contributed by atoms with Gasteiger partial charge < -0.3 is 9.97 Å². The molecule has 0 amide bonds. The van der Waals surface area contributed by atoms with Gasteiger partial charge in [-0.25, -0.2) is 9.97 Å². The van der Waals surface area contributed by atoms with E-state index in [2.05, 4.69) is 83.8 Å². The number of hydrogen-bond donors (Lipinski definition) is 2. The van der Waals surface area contributed by atoms with E-state index in [1.54, 1.807) is 11.3 Å². The Hall–Kier alpha value is -3.70. The molecular weight excluding hydrogens is 424 g/mol. The highest BCUT2D eigenvalue weighted by atomic mass is 32.1. The van der Waals surface area contributed by atoms with Gasteiger partial charge in [0.2, 0.25) is 0 Å². The van der Waals surface area contributed by atoms with Crippen molar-refractivity contribution in [3.8, 4) is 11.1 Å². The first-order valence-electron chi connectivity index (χ1n) is 11.3. The third-order valence-corrected chi connectivity index (χ3v) is 7.59. The van der Waals surface area contributed by atoms with Crippen molar-refractivity contribution < 1.29 is 0 Å². The summed E-state index contributed by atoms with van der Waals surface area (Å²) in [5.74, 6) is 2.35. The number of H-pyrrole nitrogens is 2. The highest BCUT2D eigenvalue weighted by Gasteiger charge is 2.16. The lowest BCUT2D eigenvalue weighted by atomic mass is 9.97. The Morgan fingerprint density at radius 2 is 1.58 bits per heavy atom. The van der Waals surface area contributed by atoms with Crippen LogP contribution in [0.1, 0.15) is 31.4 Å². The molecule has 0 aliphatic heterocycles. The second-order valence-corrected chi connectivity index (χ2v) is 10.1. The predicted molar refractivity (Wildman–Crippen MR) is 140 cm³/mol. The van der Waals surface area contributed by atoms with E-state index in [1.165, 1.54) is 42.8 Å². The Kier molecular flexibility index (Phi) is 3.80. The number of hydrogen-bond acceptors (Lipinski definition) is 3. The fraction of sp³-hybridized carbons (Fsp3) is 0.143. The lowest BCUT2D eigenvalue weighted by molar-refractivity contribution is 0.799. The predicted octanol–water partition coefficient (Wildman–Crippen LogP) is 8.06. The number of rotatable bonds is 2. The smallest absolute Gasteiger partial charge is 0.109 e. The van der Waals surface area contributed by atoms with E-state index in [0.717, 1.165) is 33.7 Å². The number of aryl methyl sites for hydroxylation is 1. The maximum Gasteiger partial charge on any atom is 0.109 e. The van der Waals surface area contributed by atoms with E-state index in [1.807, 2.05) is 6.92 Å². The quantitative estimate of drug-likeness (QED) is 0.282. The molecule has 7 aromatic rings. The zero-order chi connectivity index (χ0) is 22.3. The van der Waals surface area contributed by atoms with Gasteiger partial charge >= 0.3 is 0 Å². The molecule has 0 aliphatic rings. The fourth-order valence-corrected chi connectivity index (χ4v) is 5.92. The molecule has 4 nitrogen and oxygen atoms in total. The van der Waals surface area contributed by atoms with Crippen molar-refractivity contribution in [2.75, 3.05) is 0 Å². The molecule has 0 saturated heterocycles. The van der Waals surface area contributed by atoms with E-state index >= 15 is 0 Å². The first-order chi connectivity index (χ1) is 16.1. The highest BCUT2D eigenvalue weighted by molar-refractivity contribution is 7.18. The van der Waals surface area contributed by atoms with Crippen molar-refractivity contribution in [1.82, 2.24) is 19.9 Å². The van der Waals surface area contributed by atoms with Gasteiger partial charge in [-0.15, -0.1) is 11.3 Å². The number of benzene rings is 4. The first kappa shape index (κ1) is 18.8. The average Bonchev–Trinajstić information content (AvgIpc) is 3.55. The fourth-order valence-electron chi connectivity index (χ4n) is 4.99. The van der Waals surface area contributed by atoms with Crippen LogP contribution in [0.25, 0.3) is 64.8 Å². The van der Waals surface area contributed by atoms with Crippen LogP contribution in [0.5, 0.6) is 0 Å². The molecule has 0 fully saturated rings. The van der Waals surface area contributed by atoms with Crippen molar-refractivity contribution in [3.63, 3.8) is 0 Å². The highest BCUT2D eigenvalue weighted by Crippen LogP contribution is 2.39. The second-order valence-electron chi connectivity index (χ2n) is 9.14. The van der Waals surface area contributed by atoms with Crippen LogP contribution in [-0.4, -0.2) is 19.9 Å². The minimum absolute atomic E-state index is 0.364. The van der Waals surface area contributed by atoms with Crippen LogP contribution in [-0.2, 0) is 0 Å². The standard InChI is InChI=1S/C28H22N4S/c1-14(2)28-31-25-20-8-5-17(13-22(20)27-21(10-11-33-27)26(25)32-28)16-4-7-19-18(12-16)6-9-23-24(19)30-15(3)29-23/h4-14H,1-3H3,(H,29,30)(H,31,32). The first-order valence-corrected chi connectivity index (χ1v) is 12.2. The van der Waals surface area contributed by atoms with Gasteiger partial charge in [-0.3, -0.25) is 0 Å². The minimum Gasteiger partial charge on any atom is -0.342 e. The summed E-state index contributed by atoms with van der Waals surface area (Å²) in [5.41, 5.74) is 6.79. The Morgan fingerprint density at radius 3 is 2.42 bits per heavy atom. The third-order valence-electron chi connectivity index (χ3n) is 6.64. The lowest BCUT2D eigenvalue weighted by Gasteiger charge is -2.08. The van der Waals surface area contributed by atoms with Crippen LogP contribution >= 0.6 is 11.3 Å². The molecule has 4 aromatic carbocycles. The minimum atomic E-state index is 0.364. The van der Waals surface area contributed by atoms with E-state index in [9.17, 15) is 0 Å². The summed E-state index contributed by atoms with van der Waals surface area (Å²) in [6.45, 7) is 6.36. The number of aromatic amines is 2. The molecule has 0 unspecified atom stereocenters. The van der Waals surface area contributed by atoms with Crippen LogP contribution in [0, 0.1) is 6.92 Å². The summed E-state index contributed by atoms with van der Waals surface area (Å²) in [6, 6.07) is 20.0. The monoisotopic (exact) mass is 446 g/mol. The zero-order valence-corrected chi connectivity index (χ0v) is 19.5. The van der Waals surface area contributed by atoms with E-state index < -0.39 is 0 Å². The van der Waals surface area contributed by atoms with Crippen LogP contribution in [0.3, 0.4) is 0 Å². The number of fused-ring (bicyclic) bond motifs is 9. The van der Waals surface area contributed by atoms with Gasteiger partial charge in [-0.1, -0.05) is 44.2 Å². The molecular formula is C28H22N4S. The molecule has 0 atom stereocenters. The van der Waals surface area contributed by atoms with Crippen molar-refractivity contribution in [2.45, 2.75) is 26.7 Å². The van der Waals surface area contributed by atoms with E-state index in [0.29, 0.717) is 5.92 Å². The van der Waals surface area contributed by atoms with Crippen molar-refractivity contribution in [3.05, 3.63) is 71.6 Å². The normalized spacial score (nSPS) is 12.4. The molecule has 33 heavy (non-hydrogen) atoms. The SMILES string of the molecule is Cc1nc2c(ccc3cc(-c4ccc5c(c4)c4sccc4c4nc(C(C)C)[nH]c54)ccc32)[nH]1. The largest absolute Gasteiger partial charge is 0.342 e. The summed E-state index contributed by atoms with van der Waals surface area (Å²) in [7, 11) is 0. The molecule has 7 rings (SSSR count). The summed E-state index contributed by atoms with van der Waals surface area (Å²) in [6.07, 6.45) is 0. The zero-order valence-electron chi connectivity index (χ0n) is 18.7. The molecule has 0 saturated carbocycles. The summed E-state index contributed by atoms with van der Waals surface area (Å²) in [5, 5.41) is 8.31. The molecule has 3 aromatic heterocycles. The van der Waals surface area contributed by atoms with Crippen LogP contribution < -0.4 is 0 Å². The van der Waals surface area contributed by atoms with Crippen LogP contribution in [0.15, 0.2) is 60.0 Å². The summed E-state index contributed by atoms with van der Waals surface area (Å²) < 4.78 is 1.30. The van der Waals surface area contributed by atoms with Crippen molar-refractivity contribution >= 4 is 65.0 Å². The van der Waals surface area contributed by atoms with Crippen molar-refractivity contribution in [1.29, 1.82) is 0 Å². The summed E-state index contributed by atoms with van der Waals surface area (Å²) in [4.78, 5) is 16.6. The molecule has 0 bridgehead atoms. The number of thiophene rings is 1. The lowest BCUT2D eigenvalue weighted by Crippen LogP contribution is -1.88.